The molecule has 5 rings (SSSR count). The largest absolute Gasteiger partial charge is 0.356 e. The van der Waals surface area contributed by atoms with Gasteiger partial charge in [-0.3, -0.25) is 9.59 Å². The second-order valence-corrected chi connectivity index (χ2v) is 4.77. The van der Waals surface area contributed by atoms with E-state index in [1.165, 1.54) is 0 Å². The average Bonchev–Trinajstić information content (AvgIpc) is 2.60. The molecule has 2 atom stereocenters. The Balaban J connectivity index is 2.02. The van der Waals surface area contributed by atoms with Crippen molar-refractivity contribution in [3.63, 3.8) is 0 Å². The summed E-state index contributed by atoms with van der Waals surface area (Å²) in [6.45, 7) is 0. The van der Waals surface area contributed by atoms with E-state index >= 15 is 0 Å². The van der Waals surface area contributed by atoms with Crippen molar-refractivity contribution in [1.82, 2.24) is 15.6 Å². The van der Waals surface area contributed by atoms with Gasteiger partial charge in [0.25, 0.3) is 0 Å². The molecule has 90 valence electrons. The smallest absolute Gasteiger partial charge is 0.249 e. The number of hydrogen-bond acceptors (Lipinski definition) is 2. The fourth-order valence-corrected chi connectivity index (χ4v) is 2.87. The average molecular weight is 241 g/mol. The topological polar surface area (TPSA) is 74.0 Å². The van der Waals surface area contributed by atoms with E-state index in [0.717, 1.165) is 22.2 Å². The molecular formula is C13H11N3O2. The Hall–Kier alpha value is -2.30. The molecular weight excluding hydrogens is 230 g/mol. The highest BCUT2D eigenvalue weighted by Crippen LogP contribution is 2.32. The minimum absolute atomic E-state index is 0.103. The van der Waals surface area contributed by atoms with Crippen LogP contribution in [0.15, 0.2) is 24.3 Å². The number of piperazine rings is 1. The van der Waals surface area contributed by atoms with Gasteiger partial charge >= 0.3 is 0 Å². The third-order valence-electron chi connectivity index (χ3n) is 3.73. The zero-order chi connectivity index (χ0) is 12.3. The Morgan fingerprint density at radius 2 is 1.89 bits per heavy atom. The van der Waals surface area contributed by atoms with E-state index in [-0.39, 0.29) is 11.8 Å². The fourth-order valence-electron chi connectivity index (χ4n) is 2.87. The molecule has 5 nitrogen and oxygen atoms in total. The summed E-state index contributed by atoms with van der Waals surface area (Å²) in [6, 6.07) is 6.89. The number of benzene rings is 1. The van der Waals surface area contributed by atoms with E-state index in [0.29, 0.717) is 6.42 Å². The third kappa shape index (κ3) is 1.11. The number of H-pyrrole nitrogens is 1. The lowest BCUT2D eigenvalue weighted by Gasteiger charge is -2.24. The lowest BCUT2D eigenvalue weighted by atomic mass is 10.0. The second kappa shape index (κ2) is 3.13. The van der Waals surface area contributed by atoms with Crippen molar-refractivity contribution in [3.8, 4) is 0 Å². The molecule has 5 heteroatoms. The van der Waals surface area contributed by atoms with Crippen LogP contribution in [0, 0.1) is 0 Å². The SMILES string of the molecule is O=C1N[C@@H]2C(=O)N[C@H]1Cc1c2[nH]c2ccccc12. The Morgan fingerprint density at radius 1 is 1.06 bits per heavy atom. The van der Waals surface area contributed by atoms with Gasteiger partial charge in [-0.1, -0.05) is 18.2 Å². The van der Waals surface area contributed by atoms with Crippen LogP contribution < -0.4 is 10.6 Å². The summed E-state index contributed by atoms with van der Waals surface area (Å²) in [7, 11) is 0. The lowest BCUT2D eigenvalue weighted by Crippen LogP contribution is -2.56. The van der Waals surface area contributed by atoms with Crippen molar-refractivity contribution in [3.05, 3.63) is 35.5 Å². The van der Waals surface area contributed by atoms with Gasteiger partial charge in [0.05, 0.1) is 5.69 Å². The highest BCUT2D eigenvalue weighted by atomic mass is 16.2. The molecule has 2 aromatic rings. The maximum Gasteiger partial charge on any atom is 0.249 e. The fraction of sp³-hybridized carbons (Fsp3) is 0.231. The summed E-state index contributed by atoms with van der Waals surface area (Å²) in [5, 5.41) is 6.61. The van der Waals surface area contributed by atoms with E-state index in [1.54, 1.807) is 0 Å². The summed E-state index contributed by atoms with van der Waals surface area (Å²) in [5.74, 6) is -0.238. The van der Waals surface area contributed by atoms with Gasteiger partial charge < -0.3 is 15.6 Å². The molecule has 0 radical (unpaired) electrons. The predicted molar refractivity (Wildman–Crippen MR) is 64.8 cm³/mol. The summed E-state index contributed by atoms with van der Waals surface area (Å²) < 4.78 is 0. The summed E-state index contributed by atoms with van der Waals surface area (Å²) in [4.78, 5) is 27.0. The monoisotopic (exact) mass is 241 g/mol. The van der Waals surface area contributed by atoms with Gasteiger partial charge in [0, 0.05) is 17.3 Å². The van der Waals surface area contributed by atoms with Gasteiger partial charge in [-0.25, -0.2) is 0 Å². The first-order valence-corrected chi connectivity index (χ1v) is 5.94. The summed E-state index contributed by atoms with van der Waals surface area (Å²) in [5.41, 5.74) is 2.90. The maximum atomic E-state index is 11.9. The van der Waals surface area contributed by atoms with E-state index in [4.69, 9.17) is 0 Å². The van der Waals surface area contributed by atoms with E-state index in [1.807, 2.05) is 24.3 Å². The quantitative estimate of drug-likeness (QED) is 0.623. The number of carbonyl (C=O) groups is 2. The molecule has 3 N–H and O–H groups in total. The number of aromatic nitrogens is 1. The molecule has 1 fully saturated rings. The van der Waals surface area contributed by atoms with Crippen molar-refractivity contribution in [2.45, 2.75) is 18.5 Å². The van der Waals surface area contributed by atoms with Crippen LogP contribution in [0.4, 0.5) is 0 Å². The van der Waals surface area contributed by atoms with Crippen LogP contribution in [-0.4, -0.2) is 22.8 Å². The molecule has 0 spiro atoms. The van der Waals surface area contributed by atoms with E-state index < -0.39 is 12.1 Å². The highest BCUT2D eigenvalue weighted by molar-refractivity contribution is 6.01. The van der Waals surface area contributed by atoms with Gasteiger partial charge in [0.15, 0.2) is 0 Å². The van der Waals surface area contributed by atoms with Gasteiger partial charge in [-0.05, 0) is 11.6 Å². The van der Waals surface area contributed by atoms with Gasteiger partial charge in [-0.2, -0.15) is 0 Å². The normalized spacial score (nSPS) is 25.6. The molecule has 1 saturated heterocycles. The third-order valence-corrected chi connectivity index (χ3v) is 3.73. The number of fused-ring (bicyclic) bond motifs is 3. The standard InChI is InChI=1S/C13H11N3O2/c17-12-9-5-7-6-3-1-2-4-8(6)14-10(7)11(16-12)13(18)15-9/h1-4,9,11,14H,5H2,(H,15,18)(H,16,17)/t9-,11-/m0/s1. The summed E-state index contributed by atoms with van der Waals surface area (Å²) >= 11 is 0. The number of para-hydroxylation sites is 1. The van der Waals surface area contributed by atoms with Crippen molar-refractivity contribution < 1.29 is 9.59 Å². The first kappa shape index (κ1) is 9.70. The van der Waals surface area contributed by atoms with Crippen molar-refractivity contribution >= 4 is 22.7 Å². The molecule has 3 aliphatic rings. The van der Waals surface area contributed by atoms with Crippen LogP contribution in [0.3, 0.4) is 0 Å². The van der Waals surface area contributed by atoms with Crippen molar-refractivity contribution in [2.24, 2.45) is 0 Å². The zero-order valence-corrected chi connectivity index (χ0v) is 9.49. The first-order valence-electron chi connectivity index (χ1n) is 5.94. The second-order valence-electron chi connectivity index (χ2n) is 4.77. The number of hydrogen-bond donors (Lipinski definition) is 3. The van der Waals surface area contributed by atoms with Crippen LogP contribution in [0.25, 0.3) is 10.9 Å². The molecule has 18 heavy (non-hydrogen) atoms. The number of aromatic amines is 1. The van der Waals surface area contributed by atoms with Crippen LogP contribution in [0.2, 0.25) is 0 Å². The van der Waals surface area contributed by atoms with Crippen LogP contribution in [-0.2, 0) is 16.0 Å². The molecule has 0 saturated carbocycles. The number of nitrogens with one attached hydrogen (secondary N) is 3. The van der Waals surface area contributed by atoms with Crippen molar-refractivity contribution in [1.29, 1.82) is 0 Å². The molecule has 0 unspecified atom stereocenters. The molecule has 1 aromatic heterocycles. The first-order chi connectivity index (χ1) is 8.74. The van der Waals surface area contributed by atoms with Crippen LogP contribution in [0.1, 0.15) is 17.3 Å². The van der Waals surface area contributed by atoms with Crippen LogP contribution >= 0.6 is 0 Å². The lowest BCUT2D eigenvalue weighted by molar-refractivity contribution is -0.136. The van der Waals surface area contributed by atoms with Crippen LogP contribution in [0.5, 0.6) is 0 Å². The highest BCUT2D eigenvalue weighted by Gasteiger charge is 2.41. The minimum atomic E-state index is -0.585. The number of carbonyl (C=O) groups excluding carboxylic acids is 2. The maximum absolute atomic E-state index is 11.9. The Morgan fingerprint density at radius 3 is 2.78 bits per heavy atom. The summed E-state index contributed by atoms with van der Waals surface area (Å²) in [6.07, 6.45) is 0.549. The molecule has 1 aromatic carbocycles. The van der Waals surface area contributed by atoms with E-state index in [9.17, 15) is 9.59 Å². The zero-order valence-electron chi connectivity index (χ0n) is 9.49. The molecule has 4 heterocycles. The molecule has 2 bridgehead atoms. The van der Waals surface area contributed by atoms with Gasteiger partial charge in [-0.15, -0.1) is 0 Å². The Bertz CT molecular complexity index is 689. The molecule has 3 aliphatic heterocycles. The number of amides is 2. The minimum Gasteiger partial charge on any atom is -0.356 e. The number of rotatable bonds is 0. The Kier molecular flexibility index (Phi) is 1.69. The Labute approximate surface area is 103 Å². The van der Waals surface area contributed by atoms with Crippen molar-refractivity contribution in [2.75, 3.05) is 0 Å². The van der Waals surface area contributed by atoms with Gasteiger partial charge in [0.2, 0.25) is 11.8 Å². The molecule has 0 aliphatic carbocycles. The predicted octanol–water partition coefficient (Wildman–Crippen LogP) is 0.380. The van der Waals surface area contributed by atoms with Gasteiger partial charge in [0.1, 0.15) is 12.1 Å². The van der Waals surface area contributed by atoms with E-state index in [2.05, 4.69) is 15.6 Å². The molecule has 2 amide bonds.